The van der Waals surface area contributed by atoms with Crippen molar-refractivity contribution in [2.75, 3.05) is 19.0 Å². The summed E-state index contributed by atoms with van der Waals surface area (Å²) in [6, 6.07) is 5.75. The van der Waals surface area contributed by atoms with Gasteiger partial charge in [-0.1, -0.05) is 6.07 Å². The van der Waals surface area contributed by atoms with E-state index in [0.717, 1.165) is 0 Å². The van der Waals surface area contributed by atoms with Crippen molar-refractivity contribution >= 4 is 28.4 Å². The zero-order valence-electron chi connectivity index (χ0n) is 17.0. The number of anilines is 2. The first kappa shape index (κ1) is 20.8. The van der Waals surface area contributed by atoms with Gasteiger partial charge in [-0.2, -0.15) is 13.2 Å². The summed E-state index contributed by atoms with van der Waals surface area (Å²) < 4.78 is 59.1. The van der Waals surface area contributed by atoms with Crippen LogP contribution in [0.5, 0.6) is 5.75 Å². The number of methoxy groups -OCH3 is 1. The highest BCUT2D eigenvalue weighted by atomic mass is 19.4. The molecule has 0 spiro atoms. The SMILES string of the molecule is COc1c(F)cccc1Nc1c(-c2ccnc3nc(C(F)(F)F)[nH]c23)[nH]c2c1C(=O)NCC2. The predicted octanol–water partition coefficient (Wildman–Crippen LogP) is 4.15. The summed E-state index contributed by atoms with van der Waals surface area (Å²) in [6.07, 6.45) is -2.89. The third kappa shape index (κ3) is 3.43. The third-order valence-corrected chi connectivity index (χ3v) is 5.33. The number of ether oxygens (including phenoxy) is 1. The average molecular weight is 460 g/mol. The second-order valence-corrected chi connectivity index (χ2v) is 7.32. The molecule has 1 aromatic carbocycles. The summed E-state index contributed by atoms with van der Waals surface area (Å²) >= 11 is 0. The zero-order valence-corrected chi connectivity index (χ0v) is 17.0. The van der Waals surface area contributed by atoms with Crippen molar-refractivity contribution in [2.24, 2.45) is 0 Å². The van der Waals surface area contributed by atoms with Gasteiger partial charge in [0.25, 0.3) is 5.91 Å². The van der Waals surface area contributed by atoms with Crippen LogP contribution in [0.25, 0.3) is 22.4 Å². The fourth-order valence-corrected chi connectivity index (χ4v) is 3.91. The van der Waals surface area contributed by atoms with Crippen molar-refractivity contribution in [2.45, 2.75) is 12.6 Å². The molecule has 1 aliphatic heterocycles. The molecule has 0 saturated carbocycles. The van der Waals surface area contributed by atoms with Crippen LogP contribution in [-0.4, -0.2) is 39.5 Å². The fourth-order valence-electron chi connectivity index (χ4n) is 3.91. The quantitative estimate of drug-likeness (QED) is 0.342. The smallest absolute Gasteiger partial charge is 0.449 e. The van der Waals surface area contributed by atoms with Crippen LogP contribution in [-0.2, 0) is 12.6 Å². The number of para-hydroxylation sites is 1. The number of amides is 1. The Bertz CT molecular complexity index is 1390. The number of imidazole rings is 1. The minimum Gasteiger partial charge on any atom is -0.492 e. The van der Waals surface area contributed by atoms with Crippen molar-refractivity contribution in [1.29, 1.82) is 0 Å². The van der Waals surface area contributed by atoms with Crippen molar-refractivity contribution in [3.05, 3.63) is 53.4 Å². The van der Waals surface area contributed by atoms with Crippen LogP contribution in [0.2, 0.25) is 0 Å². The summed E-state index contributed by atoms with van der Waals surface area (Å²) in [5.74, 6) is -2.25. The number of rotatable bonds is 4. The molecule has 1 aliphatic rings. The van der Waals surface area contributed by atoms with Gasteiger partial charge in [0.15, 0.2) is 17.2 Å². The molecule has 3 aromatic heterocycles. The van der Waals surface area contributed by atoms with Gasteiger partial charge in [-0.05, 0) is 18.2 Å². The van der Waals surface area contributed by atoms with Gasteiger partial charge in [0.2, 0.25) is 5.82 Å². The molecule has 4 aromatic rings. The molecule has 4 N–H and O–H groups in total. The average Bonchev–Trinajstić information content (AvgIpc) is 3.36. The van der Waals surface area contributed by atoms with Crippen molar-refractivity contribution in [1.82, 2.24) is 25.3 Å². The molecule has 0 atom stereocenters. The molecule has 4 heterocycles. The second kappa shape index (κ2) is 7.50. The second-order valence-electron chi connectivity index (χ2n) is 7.32. The number of carbonyl (C=O) groups excluding carboxylic acids is 1. The van der Waals surface area contributed by atoms with Crippen molar-refractivity contribution in [3.8, 4) is 17.0 Å². The van der Waals surface area contributed by atoms with E-state index in [1.165, 1.54) is 31.5 Å². The van der Waals surface area contributed by atoms with E-state index in [4.69, 9.17) is 4.74 Å². The molecule has 0 fully saturated rings. The van der Waals surface area contributed by atoms with Gasteiger partial charge in [-0.25, -0.2) is 14.4 Å². The van der Waals surface area contributed by atoms with E-state index < -0.39 is 17.8 Å². The molecule has 170 valence electrons. The number of H-pyrrole nitrogens is 2. The fraction of sp³-hybridized carbons (Fsp3) is 0.190. The van der Waals surface area contributed by atoms with Gasteiger partial charge >= 0.3 is 6.18 Å². The number of aromatic amines is 2. The highest BCUT2D eigenvalue weighted by Gasteiger charge is 2.36. The van der Waals surface area contributed by atoms with Crippen LogP contribution in [0.3, 0.4) is 0 Å². The first-order valence-corrected chi connectivity index (χ1v) is 9.82. The number of halogens is 4. The monoisotopic (exact) mass is 460 g/mol. The summed E-state index contributed by atoms with van der Waals surface area (Å²) in [5, 5.41) is 5.78. The Kier molecular flexibility index (Phi) is 4.73. The maximum absolute atomic E-state index is 14.3. The van der Waals surface area contributed by atoms with Gasteiger partial charge in [-0.3, -0.25) is 4.79 Å². The predicted molar refractivity (Wildman–Crippen MR) is 111 cm³/mol. The number of fused-ring (bicyclic) bond motifs is 2. The molecule has 0 bridgehead atoms. The highest BCUT2D eigenvalue weighted by Crippen LogP contribution is 2.41. The van der Waals surface area contributed by atoms with E-state index in [-0.39, 0.29) is 39.8 Å². The van der Waals surface area contributed by atoms with E-state index in [1.54, 1.807) is 6.07 Å². The minimum atomic E-state index is -4.69. The number of hydrogen-bond acceptors (Lipinski definition) is 5. The largest absolute Gasteiger partial charge is 0.492 e. The Morgan fingerprint density at radius 1 is 1.18 bits per heavy atom. The first-order chi connectivity index (χ1) is 15.8. The summed E-state index contributed by atoms with van der Waals surface area (Å²) in [7, 11) is 1.31. The number of hydrogen-bond donors (Lipinski definition) is 4. The van der Waals surface area contributed by atoms with E-state index in [9.17, 15) is 22.4 Å². The Morgan fingerprint density at radius 3 is 2.76 bits per heavy atom. The summed E-state index contributed by atoms with van der Waals surface area (Å²) in [5.41, 5.74) is 1.92. The summed E-state index contributed by atoms with van der Waals surface area (Å²) in [6.45, 7) is 0.391. The number of nitrogens with zero attached hydrogens (tertiary/aromatic N) is 2. The maximum Gasteiger partial charge on any atom is 0.449 e. The lowest BCUT2D eigenvalue weighted by atomic mass is 10.0. The number of nitrogens with one attached hydrogen (secondary N) is 4. The van der Waals surface area contributed by atoms with Crippen LogP contribution in [0.15, 0.2) is 30.5 Å². The Labute approximate surface area is 183 Å². The number of benzene rings is 1. The number of carbonyl (C=O) groups is 1. The van der Waals surface area contributed by atoms with Crippen LogP contribution in [0, 0.1) is 5.82 Å². The molecular formula is C21H16F4N6O2. The van der Waals surface area contributed by atoms with Gasteiger partial charge in [0.05, 0.1) is 35.3 Å². The van der Waals surface area contributed by atoms with Crippen molar-refractivity contribution in [3.63, 3.8) is 0 Å². The van der Waals surface area contributed by atoms with E-state index in [0.29, 0.717) is 29.9 Å². The highest BCUT2D eigenvalue weighted by molar-refractivity contribution is 6.08. The molecule has 33 heavy (non-hydrogen) atoms. The van der Waals surface area contributed by atoms with Crippen LogP contribution in [0.1, 0.15) is 21.9 Å². The molecule has 0 saturated heterocycles. The standard InChI is InChI=1S/C21H16F4N6O2/c1-33-17-10(22)3-2-4-12(17)29-16-13-11(6-8-27-19(13)32)28-14(16)9-5-7-26-18-15(9)30-20(31-18)21(23,24)25/h2-5,7,28-29H,6,8H2,1H3,(H,27,32)(H,26,30,31). The van der Waals surface area contributed by atoms with Gasteiger partial charge in [-0.15, -0.1) is 0 Å². The van der Waals surface area contributed by atoms with Crippen LogP contribution >= 0.6 is 0 Å². The molecule has 0 aliphatic carbocycles. The van der Waals surface area contributed by atoms with E-state index in [1.807, 2.05) is 0 Å². The number of alkyl halides is 3. The molecule has 1 amide bonds. The van der Waals surface area contributed by atoms with E-state index in [2.05, 4.69) is 30.6 Å². The molecular weight excluding hydrogens is 444 g/mol. The zero-order chi connectivity index (χ0) is 23.3. The Hall–Kier alpha value is -4.09. The first-order valence-electron chi connectivity index (χ1n) is 9.82. The Balaban J connectivity index is 1.74. The molecule has 0 radical (unpaired) electrons. The topological polar surface area (TPSA) is 108 Å². The van der Waals surface area contributed by atoms with Crippen LogP contribution in [0.4, 0.5) is 28.9 Å². The lowest BCUT2D eigenvalue weighted by Crippen LogP contribution is -2.31. The van der Waals surface area contributed by atoms with Gasteiger partial charge in [0.1, 0.15) is 0 Å². The van der Waals surface area contributed by atoms with Gasteiger partial charge in [0, 0.05) is 30.4 Å². The lowest BCUT2D eigenvalue weighted by molar-refractivity contribution is -0.144. The summed E-state index contributed by atoms with van der Waals surface area (Å²) in [4.78, 5) is 25.6. The Morgan fingerprint density at radius 2 is 2.00 bits per heavy atom. The number of pyridine rings is 1. The van der Waals surface area contributed by atoms with Gasteiger partial charge < -0.3 is 25.3 Å². The van der Waals surface area contributed by atoms with Crippen molar-refractivity contribution < 1.29 is 27.1 Å². The third-order valence-electron chi connectivity index (χ3n) is 5.33. The normalized spacial score (nSPS) is 13.7. The number of aromatic nitrogens is 4. The maximum atomic E-state index is 14.3. The molecule has 8 nitrogen and oxygen atoms in total. The molecule has 0 unspecified atom stereocenters. The molecule has 5 rings (SSSR count). The van der Waals surface area contributed by atoms with E-state index >= 15 is 0 Å². The minimum absolute atomic E-state index is 0.0399. The lowest BCUT2D eigenvalue weighted by Gasteiger charge is -2.16. The molecule has 12 heteroatoms. The van der Waals surface area contributed by atoms with Crippen LogP contribution < -0.4 is 15.4 Å².